The number of carbonyl (C=O) groups is 1. The van der Waals surface area contributed by atoms with Crippen LogP contribution in [0.5, 0.6) is 0 Å². The molecule has 92 valence electrons. The smallest absolute Gasteiger partial charge is 0.257 e. The summed E-state index contributed by atoms with van der Waals surface area (Å²) in [6.07, 6.45) is 3.09. The molecule has 1 amide bonds. The molecule has 5 heteroatoms. The third-order valence-electron chi connectivity index (χ3n) is 2.32. The SMILES string of the molecule is Cc1cncc(C(=O)Nc2ccc(Br)cc2F)c1. The lowest BCUT2D eigenvalue weighted by Crippen LogP contribution is -2.13. The largest absolute Gasteiger partial charge is 0.319 e. The van der Waals surface area contributed by atoms with Crippen LogP contribution in [-0.4, -0.2) is 10.9 Å². The average molecular weight is 309 g/mol. The van der Waals surface area contributed by atoms with Gasteiger partial charge >= 0.3 is 0 Å². The lowest BCUT2D eigenvalue weighted by molar-refractivity contribution is 0.102. The van der Waals surface area contributed by atoms with Gasteiger partial charge in [-0.15, -0.1) is 0 Å². The summed E-state index contributed by atoms with van der Waals surface area (Å²) in [5, 5.41) is 2.51. The Bertz CT molecular complexity index is 601. The summed E-state index contributed by atoms with van der Waals surface area (Å²) in [7, 11) is 0. The molecule has 1 aromatic heterocycles. The second-order valence-corrected chi connectivity index (χ2v) is 4.74. The second kappa shape index (κ2) is 5.27. The fourth-order valence-corrected chi connectivity index (χ4v) is 1.80. The molecular formula is C13H10BrFN2O. The lowest BCUT2D eigenvalue weighted by atomic mass is 10.2. The maximum atomic E-state index is 13.5. The van der Waals surface area contributed by atoms with Gasteiger partial charge in [-0.3, -0.25) is 9.78 Å². The zero-order chi connectivity index (χ0) is 13.1. The van der Waals surface area contributed by atoms with Crippen molar-refractivity contribution in [2.24, 2.45) is 0 Å². The number of halogens is 2. The summed E-state index contributed by atoms with van der Waals surface area (Å²) in [4.78, 5) is 15.8. The molecule has 0 unspecified atom stereocenters. The van der Waals surface area contributed by atoms with Crippen molar-refractivity contribution in [1.29, 1.82) is 0 Å². The lowest BCUT2D eigenvalue weighted by Gasteiger charge is -2.06. The first kappa shape index (κ1) is 12.7. The quantitative estimate of drug-likeness (QED) is 0.922. The van der Waals surface area contributed by atoms with Crippen LogP contribution in [-0.2, 0) is 0 Å². The van der Waals surface area contributed by atoms with E-state index in [0.29, 0.717) is 10.0 Å². The fraction of sp³-hybridized carbons (Fsp3) is 0.0769. The standard InChI is InChI=1S/C13H10BrFN2O/c1-8-4-9(7-16-6-8)13(18)17-12-3-2-10(14)5-11(12)15/h2-7H,1H3,(H,17,18). The van der Waals surface area contributed by atoms with Gasteiger partial charge in [0.05, 0.1) is 11.3 Å². The van der Waals surface area contributed by atoms with E-state index in [1.165, 1.54) is 18.3 Å². The van der Waals surface area contributed by atoms with E-state index in [0.717, 1.165) is 5.56 Å². The minimum atomic E-state index is -0.488. The Morgan fingerprint density at radius 2 is 2.11 bits per heavy atom. The zero-order valence-electron chi connectivity index (χ0n) is 9.58. The van der Waals surface area contributed by atoms with Crippen molar-refractivity contribution in [3.63, 3.8) is 0 Å². The number of rotatable bonds is 2. The predicted octanol–water partition coefficient (Wildman–Crippen LogP) is 3.54. The van der Waals surface area contributed by atoms with Crippen LogP contribution in [0.2, 0.25) is 0 Å². The number of hydrogen-bond acceptors (Lipinski definition) is 2. The molecule has 1 aromatic carbocycles. The molecular weight excluding hydrogens is 299 g/mol. The van der Waals surface area contributed by atoms with Gasteiger partial charge in [-0.05, 0) is 36.8 Å². The van der Waals surface area contributed by atoms with Crippen molar-refractivity contribution in [1.82, 2.24) is 4.98 Å². The van der Waals surface area contributed by atoms with E-state index in [1.54, 1.807) is 18.3 Å². The molecule has 0 aliphatic carbocycles. The van der Waals surface area contributed by atoms with Crippen LogP contribution in [0.15, 0.2) is 41.1 Å². The van der Waals surface area contributed by atoms with Gasteiger partial charge in [0, 0.05) is 16.9 Å². The second-order valence-electron chi connectivity index (χ2n) is 3.83. The highest BCUT2D eigenvalue weighted by Crippen LogP contribution is 2.20. The summed E-state index contributed by atoms with van der Waals surface area (Å²) in [5.41, 5.74) is 1.42. The Hall–Kier alpha value is -1.75. The van der Waals surface area contributed by atoms with Gasteiger partial charge in [0.1, 0.15) is 5.82 Å². The summed E-state index contributed by atoms with van der Waals surface area (Å²) in [6, 6.07) is 6.15. The minimum absolute atomic E-state index is 0.143. The third kappa shape index (κ3) is 2.92. The predicted molar refractivity (Wildman–Crippen MR) is 71.0 cm³/mol. The van der Waals surface area contributed by atoms with E-state index in [9.17, 15) is 9.18 Å². The van der Waals surface area contributed by atoms with Crippen LogP contribution in [0, 0.1) is 12.7 Å². The number of nitrogens with zero attached hydrogens (tertiary/aromatic N) is 1. The highest BCUT2D eigenvalue weighted by atomic mass is 79.9. The highest BCUT2D eigenvalue weighted by Gasteiger charge is 2.09. The van der Waals surface area contributed by atoms with Crippen LogP contribution < -0.4 is 5.32 Å². The molecule has 0 aliphatic rings. The summed E-state index contributed by atoms with van der Waals surface area (Å²) in [5.74, 6) is -0.870. The van der Waals surface area contributed by atoms with Crippen molar-refractivity contribution in [2.45, 2.75) is 6.92 Å². The minimum Gasteiger partial charge on any atom is -0.319 e. The highest BCUT2D eigenvalue weighted by molar-refractivity contribution is 9.10. The van der Waals surface area contributed by atoms with Crippen LogP contribution in [0.1, 0.15) is 15.9 Å². The molecule has 0 saturated heterocycles. The molecule has 2 rings (SSSR count). The number of carbonyl (C=O) groups excluding carboxylic acids is 1. The molecule has 0 bridgehead atoms. The van der Waals surface area contributed by atoms with E-state index in [-0.39, 0.29) is 11.6 Å². The van der Waals surface area contributed by atoms with E-state index in [4.69, 9.17) is 0 Å². The molecule has 0 saturated carbocycles. The third-order valence-corrected chi connectivity index (χ3v) is 2.81. The Balaban J connectivity index is 2.21. The van der Waals surface area contributed by atoms with Gasteiger partial charge < -0.3 is 5.32 Å². The van der Waals surface area contributed by atoms with E-state index in [1.807, 2.05) is 6.92 Å². The Morgan fingerprint density at radius 1 is 1.33 bits per heavy atom. The molecule has 3 nitrogen and oxygen atoms in total. The molecule has 18 heavy (non-hydrogen) atoms. The monoisotopic (exact) mass is 308 g/mol. The van der Waals surface area contributed by atoms with E-state index in [2.05, 4.69) is 26.2 Å². The van der Waals surface area contributed by atoms with Crippen molar-refractivity contribution in [2.75, 3.05) is 5.32 Å². The Labute approximate surface area is 112 Å². The number of amides is 1. The van der Waals surface area contributed by atoms with Gasteiger partial charge in [0.25, 0.3) is 5.91 Å². The Morgan fingerprint density at radius 3 is 2.78 bits per heavy atom. The van der Waals surface area contributed by atoms with Crippen molar-refractivity contribution in [3.05, 3.63) is 58.1 Å². The number of benzene rings is 1. The first-order chi connectivity index (χ1) is 8.56. The summed E-state index contributed by atoms with van der Waals surface area (Å²) in [6.45, 7) is 1.84. The number of nitrogens with one attached hydrogen (secondary N) is 1. The van der Waals surface area contributed by atoms with E-state index < -0.39 is 5.82 Å². The van der Waals surface area contributed by atoms with Gasteiger partial charge in [0.2, 0.25) is 0 Å². The van der Waals surface area contributed by atoms with Crippen LogP contribution in [0.4, 0.5) is 10.1 Å². The number of aryl methyl sites for hydroxylation is 1. The van der Waals surface area contributed by atoms with Crippen molar-refractivity contribution >= 4 is 27.5 Å². The molecule has 1 N–H and O–H groups in total. The van der Waals surface area contributed by atoms with Crippen molar-refractivity contribution in [3.8, 4) is 0 Å². The Kier molecular flexibility index (Phi) is 3.72. The van der Waals surface area contributed by atoms with Crippen molar-refractivity contribution < 1.29 is 9.18 Å². The number of pyridine rings is 1. The van der Waals surface area contributed by atoms with Gasteiger partial charge in [-0.25, -0.2) is 4.39 Å². The molecule has 0 fully saturated rings. The van der Waals surface area contributed by atoms with E-state index >= 15 is 0 Å². The summed E-state index contributed by atoms with van der Waals surface area (Å²) >= 11 is 3.15. The zero-order valence-corrected chi connectivity index (χ0v) is 11.2. The van der Waals surface area contributed by atoms with Crippen LogP contribution in [0.3, 0.4) is 0 Å². The number of anilines is 1. The van der Waals surface area contributed by atoms with Gasteiger partial charge in [-0.2, -0.15) is 0 Å². The van der Waals surface area contributed by atoms with Crippen LogP contribution in [0.25, 0.3) is 0 Å². The van der Waals surface area contributed by atoms with Crippen LogP contribution >= 0.6 is 15.9 Å². The molecule has 2 aromatic rings. The fourth-order valence-electron chi connectivity index (χ4n) is 1.46. The van der Waals surface area contributed by atoms with Gasteiger partial charge in [0.15, 0.2) is 0 Å². The van der Waals surface area contributed by atoms with Gasteiger partial charge in [-0.1, -0.05) is 15.9 Å². The maximum Gasteiger partial charge on any atom is 0.257 e. The molecule has 0 radical (unpaired) electrons. The first-order valence-electron chi connectivity index (χ1n) is 5.24. The maximum absolute atomic E-state index is 13.5. The number of aromatic nitrogens is 1. The molecule has 0 aliphatic heterocycles. The summed E-state index contributed by atoms with van der Waals surface area (Å²) < 4.78 is 14.2. The molecule has 1 heterocycles. The molecule has 0 atom stereocenters. The first-order valence-corrected chi connectivity index (χ1v) is 6.03. The normalized spacial score (nSPS) is 10.2. The topological polar surface area (TPSA) is 42.0 Å². The average Bonchev–Trinajstić information content (AvgIpc) is 2.32. The number of hydrogen-bond donors (Lipinski definition) is 1. The molecule has 0 spiro atoms.